The van der Waals surface area contributed by atoms with Crippen LogP contribution in [0.5, 0.6) is 0 Å². The minimum absolute atomic E-state index is 0.242. The third-order valence-electron chi connectivity index (χ3n) is 4.42. The Labute approximate surface area is 125 Å². The van der Waals surface area contributed by atoms with Gasteiger partial charge in [0.05, 0.1) is 0 Å². The first-order chi connectivity index (χ1) is 9.02. The van der Waals surface area contributed by atoms with Crippen molar-refractivity contribution in [3.8, 4) is 0 Å². The zero-order valence-corrected chi connectivity index (χ0v) is 13.6. The summed E-state index contributed by atoms with van der Waals surface area (Å²) in [4.78, 5) is 4.47. The standard InChI is InChI=1S/C16H25BrN2/c1-12(2)10-16(7-3-4-8-16)15(18)9-14-6-5-13(17)11-19-14/h5-6,11-12,15H,3-4,7-10,18H2,1-2H3. The summed E-state index contributed by atoms with van der Waals surface area (Å²) in [6, 6.07) is 4.38. The molecule has 0 spiro atoms. The second-order valence-corrected chi connectivity index (χ2v) is 7.36. The van der Waals surface area contributed by atoms with Gasteiger partial charge in [0.15, 0.2) is 0 Å². The Morgan fingerprint density at radius 3 is 2.53 bits per heavy atom. The van der Waals surface area contributed by atoms with Crippen molar-refractivity contribution >= 4 is 15.9 Å². The Kier molecular flexibility index (Phi) is 5.02. The number of pyridine rings is 1. The lowest BCUT2D eigenvalue weighted by Crippen LogP contribution is -2.42. The fourth-order valence-electron chi connectivity index (χ4n) is 3.59. The summed E-state index contributed by atoms with van der Waals surface area (Å²) < 4.78 is 1.03. The van der Waals surface area contributed by atoms with E-state index in [2.05, 4.69) is 46.9 Å². The fourth-order valence-corrected chi connectivity index (χ4v) is 3.82. The third-order valence-corrected chi connectivity index (χ3v) is 4.89. The molecule has 0 saturated heterocycles. The van der Waals surface area contributed by atoms with Crippen LogP contribution < -0.4 is 5.73 Å². The van der Waals surface area contributed by atoms with Crippen molar-refractivity contribution in [1.29, 1.82) is 0 Å². The Morgan fingerprint density at radius 2 is 2.00 bits per heavy atom. The molecular weight excluding hydrogens is 300 g/mol. The van der Waals surface area contributed by atoms with Crippen molar-refractivity contribution < 1.29 is 0 Å². The fraction of sp³-hybridized carbons (Fsp3) is 0.688. The molecule has 19 heavy (non-hydrogen) atoms. The zero-order chi connectivity index (χ0) is 13.9. The van der Waals surface area contributed by atoms with Gasteiger partial charge in [0.2, 0.25) is 0 Å². The van der Waals surface area contributed by atoms with Gasteiger partial charge in [-0.3, -0.25) is 4.98 Å². The van der Waals surface area contributed by atoms with Gasteiger partial charge >= 0.3 is 0 Å². The topological polar surface area (TPSA) is 38.9 Å². The summed E-state index contributed by atoms with van der Waals surface area (Å²) in [6.45, 7) is 4.62. The molecule has 0 aliphatic heterocycles. The third kappa shape index (κ3) is 3.79. The Bertz CT molecular complexity index is 394. The van der Waals surface area contributed by atoms with Crippen LogP contribution in [-0.2, 0) is 6.42 Å². The highest BCUT2D eigenvalue weighted by Gasteiger charge is 2.39. The molecule has 0 amide bonds. The molecule has 1 fully saturated rings. The van der Waals surface area contributed by atoms with Crippen molar-refractivity contribution in [1.82, 2.24) is 4.98 Å². The second-order valence-electron chi connectivity index (χ2n) is 6.45. The quantitative estimate of drug-likeness (QED) is 0.875. The number of hydrogen-bond acceptors (Lipinski definition) is 2. The molecule has 0 bridgehead atoms. The first-order valence-corrected chi connectivity index (χ1v) is 8.17. The van der Waals surface area contributed by atoms with Crippen molar-refractivity contribution in [2.75, 3.05) is 0 Å². The van der Waals surface area contributed by atoms with E-state index >= 15 is 0 Å². The summed E-state index contributed by atoms with van der Waals surface area (Å²) in [5.41, 5.74) is 8.05. The van der Waals surface area contributed by atoms with Gasteiger partial charge in [-0.1, -0.05) is 26.7 Å². The molecule has 1 aromatic heterocycles. The van der Waals surface area contributed by atoms with Crippen molar-refractivity contribution in [2.24, 2.45) is 17.1 Å². The van der Waals surface area contributed by atoms with E-state index in [-0.39, 0.29) is 6.04 Å². The molecule has 1 aliphatic carbocycles. The lowest BCUT2D eigenvalue weighted by atomic mass is 9.71. The van der Waals surface area contributed by atoms with Gasteiger partial charge < -0.3 is 5.73 Å². The normalized spacial score (nSPS) is 19.8. The van der Waals surface area contributed by atoms with E-state index < -0.39 is 0 Å². The van der Waals surface area contributed by atoms with E-state index in [9.17, 15) is 0 Å². The lowest BCUT2D eigenvalue weighted by Gasteiger charge is -2.37. The Hall–Kier alpha value is -0.410. The van der Waals surface area contributed by atoms with Crippen LogP contribution in [0.4, 0.5) is 0 Å². The number of rotatable bonds is 5. The summed E-state index contributed by atoms with van der Waals surface area (Å²) in [5.74, 6) is 0.724. The first-order valence-electron chi connectivity index (χ1n) is 7.38. The predicted octanol–water partition coefficient (Wildman–Crippen LogP) is 4.32. The predicted molar refractivity (Wildman–Crippen MR) is 84.0 cm³/mol. The van der Waals surface area contributed by atoms with E-state index in [0.717, 1.165) is 22.5 Å². The summed E-state index contributed by atoms with van der Waals surface area (Å²) in [5, 5.41) is 0. The molecule has 1 aliphatic rings. The Balaban J connectivity index is 2.07. The molecule has 1 saturated carbocycles. The average Bonchev–Trinajstić information content (AvgIpc) is 2.81. The van der Waals surface area contributed by atoms with E-state index in [1.807, 2.05) is 6.20 Å². The van der Waals surface area contributed by atoms with Gasteiger partial charge in [0.1, 0.15) is 0 Å². The molecule has 2 nitrogen and oxygen atoms in total. The molecule has 1 unspecified atom stereocenters. The highest BCUT2D eigenvalue weighted by Crippen LogP contribution is 2.45. The maximum atomic E-state index is 6.58. The molecule has 0 radical (unpaired) electrons. The largest absolute Gasteiger partial charge is 0.327 e. The molecule has 106 valence electrons. The van der Waals surface area contributed by atoms with Crippen LogP contribution in [-0.4, -0.2) is 11.0 Å². The SMILES string of the molecule is CC(C)CC1(C(N)Cc2ccc(Br)cn2)CCCC1. The van der Waals surface area contributed by atoms with E-state index in [0.29, 0.717) is 5.41 Å². The number of nitrogens with zero attached hydrogens (tertiary/aromatic N) is 1. The smallest absolute Gasteiger partial charge is 0.0420 e. The van der Waals surface area contributed by atoms with Crippen LogP contribution in [0.15, 0.2) is 22.8 Å². The van der Waals surface area contributed by atoms with Crippen LogP contribution in [0.1, 0.15) is 51.6 Å². The van der Waals surface area contributed by atoms with E-state index in [4.69, 9.17) is 5.73 Å². The molecule has 3 heteroatoms. The van der Waals surface area contributed by atoms with Crippen molar-refractivity contribution in [2.45, 2.75) is 58.4 Å². The highest BCUT2D eigenvalue weighted by atomic mass is 79.9. The van der Waals surface area contributed by atoms with Gasteiger partial charge in [-0.15, -0.1) is 0 Å². The average molecular weight is 325 g/mol. The molecule has 2 rings (SSSR count). The van der Waals surface area contributed by atoms with Gasteiger partial charge in [-0.2, -0.15) is 0 Å². The van der Waals surface area contributed by atoms with Gasteiger partial charge in [0, 0.05) is 28.8 Å². The molecule has 1 aromatic rings. The lowest BCUT2D eigenvalue weighted by molar-refractivity contribution is 0.181. The minimum Gasteiger partial charge on any atom is -0.327 e. The van der Waals surface area contributed by atoms with Crippen molar-refractivity contribution in [3.05, 3.63) is 28.5 Å². The summed E-state index contributed by atoms with van der Waals surface area (Å²) in [7, 11) is 0. The van der Waals surface area contributed by atoms with Gasteiger partial charge in [0.25, 0.3) is 0 Å². The molecule has 1 heterocycles. The highest BCUT2D eigenvalue weighted by molar-refractivity contribution is 9.10. The maximum absolute atomic E-state index is 6.58. The van der Waals surface area contributed by atoms with Gasteiger partial charge in [-0.05, 0) is 58.7 Å². The minimum atomic E-state index is 0.242. The molecular formula is C16H25BrN2. The van der Waals surface area contributed by atoms with Gasteiger partial charge in [-0.25, -0.2) is 0 Å². The number of aromatic nitrogens is 1. The van der Waals surface area contributed by atoms with Crippen LogP contribution in [0, 0.1) is 11.3 Å². The van der Waals surface area contributed by atoms with Crippen molar-refractivity contribution in [3.63, 3.8) is 0 Å². The molecule has 0 aromatic carbocycles. The maximum Gasteiger partial charge on any atom is 0.0420 e. The number of hydrogen-bond donors (Lipinski definition) is 1. The zero-order valence-electron chi connectivity index (χ0n) is 12.0. The molecule has 2 N–H and O–H groups in total. The second kappa shape index (κ2) is 6.36. The van der Waals surface area contributed by atoms with E-state index in [1.54, 1.807) is 0 Å². The number of halogens is 1. The van der Waals surface area contributed by atoms with Crippen LogP contribution in [0.2, 0.25) is 0 Å². The molecule has 1 atom stereocenters. The Morgan fingerprint density at radius 1 is 1.32 bits per heavy atom. The first kappa shape index (κ1) is 15.0. The van der Waals surface area contributed by atoms with E-state index in [1.165, 1.54) is 32.1 Å². The summed E-state index contributed by atoms with van der Waals surface area (Å²) in [6.07, 6.45) is 9.30. The van der Waals surface area contributed by atoms with Crippen LogP contribution in [0.25, 0.3) is 0 Å². The van der Waals surface area contributed by atoms with Crippen LogP contribution >= 0.6 is 15.9 Å². The summed E-state index contributed by atoms with van der Waals surface area (Å²) >= 11 is 3.43. The van der Waals surface area contributed by atoms with Crippen LogP contribution in [0.3, 0.4) is 0 Å². The number of nitrogens with two attached hydrogens (primary N) is 1. The monoisotopic (exact) mass is 324 g/mol.